The SMILES string of the molecule is CCCCN1C(=O)c2ccc(C(=O)NCCOC)cc2C1=O. The van der Waals surface area contributed by atoms with Crippen LogP contribution in [-0.4, -0.2) is 49.4 Å². The number of hydrogen-bond donors (Lipinski definition) is 1. The molecule has 0 fully saturated rings. The Balaban J connectivity index is 2.16. The van der Waals surface area contributed by atoms with Crippen LogP contribution in [0, 0.1) is 0 Å². The Morgan fingerprint density at radius 2 is 1.95 bits per heavy atom. The number of fused-ring (bicyclic) bond motifs is 1. The lowest BCUT2D eigenvalue weighted by Crippen LogP contribution is -2.30. The van der Waals surface area contributed by atoms with Gasteiger partial charge in [-0.2, -0.15) is 0 Å². The van der Waals surface area contributed by atoms with Crippen LogP contribution >= 0.6 is 0 Å². The molecule has 1 aromatic rings. The van der Waals surface area contributed by atoms with Crippen LogP contribution in [0.1, 0.15) is 50.8 Å². The van der Waals surface area contributed by atoms with E-state index in [-0.39, 0.29) is 17.7 Å². The van der Waals surface area contributed by atoms with E-state index in [1.54, 1.807) is 19.2 Å². The minimum absolute atomic E-state index is 0.278. The van der Waals surface area contributed by atoms with Crippen molar-refractivity contribution >= 4 is 17.7 Å². The Kier molecular flexibility index (Phi) is 5.27. The maximum absolute atomic E-state index is 12.3. The minimum atomic E-state index is -0.319. The Labute approximate surface area is 129 Å². The summed E-state index contributed by atoms with van der Waals surface area (Å²) in [5.41, 5.74) is 1.04. The fourth-order valence-corrected chi connectivity index (χ4v) is 2.32. The third kappa shape index (κ3) is 3.17. The molecule has 1 heterocycles. The number of benzene rings is 1. The van der Waals surface area contributed by atoms with Crippen LogP contribution < -0.4 is 5.32 Å². The number of amides is 3. The number of nitrogens with zero attached hydrogens (tertiary/aromatic N) is 1. The summed E-state index contributed by atoms with van der Waals surface area (Å²) in [6, 6.07) is 4.60. The molecule has 3 amide bonds. The summed E-state index contributed by atoms with van der Waals surface area (Å²) in [6.07, 6.45) is 1.68. The van der Waals surface area contributed by atoms with Crippen LogP contribution in [0.15, 0.2) is 18.2 Å². The Morgan fingerprint density at radius 3 is 2.64 bits per heavy atom. The molecule has 0 aromatic heterocycles. The zero-order valence-electron chi connectivity index (χ0n) is 12.8. The van der Waals surface area contributed by atoms with Crippen molar-refractivity contribution in [3.8, 4) is 0 Å². The predicted molar refractivity (Wildman–Crippen MR) is 80.9 cm³/mol. The zero-order chi connectivity index (χ0) is 16.1. The number of nitrogens with one attached hydrogen (secondary N) is 1. The van der Waals surface area contributed by atoms with Gasteiger partial charge in [0.05, 0.1) is 17.7 Å². The van der Waals surface area contributed by atoms with Gasteiger partial charge in [0.25, 0.3) is 17.7 Å². The fraction of sp³-hybridized carbons (Fsp3) is 0.438. The second-order valence-electron chi connectivity index (χ2n) is 5.12. The van der Waals surface area contributed by atoms with Gasteiger partial charge in [0, 0.05) is 25.8 Å². The molecule has 22 heavy (non-hydrogen) atoms. The second kappa shape index (κ2) is 7.17. The lowest BCUT2D eigenvalue weighted by Gasteiger charge is -2.12. The number of hydrogen-bond acceptors (Lipinski definition) is 4. The lowest BCUT2D eigenvalue weighted by atomic mass is 10.1. The first-order valence-electron chi connectivity index (χ1n) is 7.37. The highest BCUT2D eigenvalue weighted by Gasteiger charge is 2.35. The molecule has 0 spiro atoms. The van der Waals surface area contributed by atoms with E-state index < -0.39 is 0 Å². The zero-order valence-corrected chi connectivity index (χ0v) is 12.8. The highest BCUT2D eigenvalue weighted by atomic mass is 16.5. The normalized spacial score (nSPS) is 13.5. The maximum atomic E-state index is 12.3. The number of carbonyl (C=O) groups excluding carboxylic acids is 3. The van der Waals surface area contributed by atoms with Crippen LogP contribution in [0.2, 0.25) is 0 Å². The van der Waals surface area contributed by atoms with Gasteiger partial charge in [-0.1, -0.05) is 13.3 Å². The molecule has 6 heteroatoms. The fourth-order valence-electron chi connectivity index (χ4n) is 2.32. The van der Waals surface area contributed by atoms with Gasteiger partial charge >= 0.3 is 0 Å². The summed E-state index contributed by atoms with van der Waals surface area (Å²) >= 11 is 0. The first-order valence-corrected chi connectivity index (χ1v) is 7.37. The maximum Gasteiger partial charge on any atom is 0.261 e. The summed E-state index contributed by atoms with van der Waals surface area (Å²) in [4.78, 5) is 37.7. The van der Waals surface area contributed by atoms with E-state index >= 15 is 0 Å². The van der Waals surface area contributed by atoms with Crippen LogP contribution in [-0.2, 0) is 4.74 Å². The summed E-state index contributed by atoms with van der Waals surface area (Å²) in [5.74, 6) is -0.883. The third-order valence-electron chi connectivity index (χ3n) is 3.56. The smallest absolute Gasteiger partial charge is 0.261 e. The van der Waals surface area contributed by atoms with Gasteiger partial charge in [0.15, 0.2) is 0 Å². The molecule has 0 radical (unpaired) electrons. The molecule has 0 saturated carbocycles. The van der Waals surface area contributed by atoms with E-state index in [2.05, 4.69) is 5.32 Å². The number of carbonyl (C=O) groups is 3. The molecule has 1 aliphatic rings. The first kappa shape index (κ1) is 16.2. The minimum Gasteiger partial charge on any atom is -0.383 e. The van der Waals surface area contributed by atoms with Crippen molar-refractivity contribution in [1.82, 2.24) is 10.2 Å². The highest BCUT2D eigenvalue weighted by Crippen LogP contribution is 2.24. The molecule has 0 atom stereocenters. The van der Waals surface area contributed by atoms with Crippen LogP contribution in [0.3, 0.4) is 0 Å². The summed E-state index contributed by atoms with van der Waals surface area (Å²) < 4.78 is 4.86. The molecule has 0 unspecified atom stereocenters. The van der Waals surface area contributed by atoms with Gasteiger partial charge in [-0.05, 0) is 24.6 Å². The van der Waals surface area contributed by atoms with E-state index in [9.17, 15) is 14.4 Å². The van der Waals surface area contributed by atoms with Crippen LogP contribution in [0.4, 0.5) is 0 Å². The Morgan fingerprint density at radius 1 is 1.23 bits per heavy atom. The Bertz CT molecular complexity index is 598. The van der Waals surface area contributed by atoms with Crippen molar-refractivity contribution in [3.63, 3.8) is 0 Å². The molecule has 0 saturated heterocycles. The van der Waals surface area contributed by atoms with Crippen LogP contribution in [0.25, 0.3) is 0 Å². The molecular weight excluding hydrogens is 284 g/mol. The van der Waals surface area contributed by atoms with Crippen molar-refractivity contribution in [1.29, 1.82) is 0 Å². The first-order chi connectivity index (χ1) is 10.6. The average Bonchev–Trinajstić information content (AvgIpc) is 2.76. The topological polar surface area (TPSA) is 75.7 Å². The standard InChI is InChI=1S/C16H20N2O4/c1-3-4-8-18-15(20)12-6-5-11(10-13(12)16(18)21)14(19)17-7-9-22-2/h5-6,10H,3-4,7-9H2,1-2H3,(H,17,19). The Hall–Kier alpha value is -2.21. The monoisotopic (exact) mass is 304 g/mol. The van der Waals surface area contributed by atoms with Crippen molar-refractivity contribution < 1.29 is 19.1 Å². The molecule has 118 valence electrons. The van der Waals surface area contributed by atoms with Gasteiger partial charge in [0.2, 0.25) is 0 Å². The van der Waals surface area contributed by atoms with Crippen molar-refractivity contribution in [2.75, 3.05) is 26.8 Å². The average molecular weight is 304 g/mol. The predicted octanol–water partition coefficient (Wildman–Crippen LogP) is 1.46. The van der Waals surface area contributed by atoms with Crippen molar-refractivity contribution in [3.05, 3.63) is 34.9 Å². The molecule has 0 aliphatic carbocycles. The van der Waals surface area contributed by atoms with Crippen molar-refractivity contribution in [2.24, 2.45) is 0 Å². The molecule has 6 nitrogen and oxygen atoms in total. The number of imide groups is 1. The second-order valence-corrected chi connectivity index (χ2v) is 5.12. The van der Waals surface area contributed by atoms with Gasteiger partial charge in [0.1, 0.15) is 0 Å². The molecule has 1 aliphatic heterocycles. The number of methoxy groups -OCH3 is 1. The van der Waals surface area contributed by atoms with Crippen LogP contribution in [0.5, 0.6) is 0 Å². The molecule has 1 N–H and O–H groups in total. The van der Waals surface area contributed by atoms with Gasteiger partial charge < -0.3 is 10.1 Å². The van der Waals surface area contributed by atoms with Gasteiger partial charge in [-0.3, -0.25) is 19.3 Å². The third-order valence-corrected chi connectivity index (χ3v) is 3.56. The molecule has 1 aromatic carbocycles. The molecule has 2 rings (SSSR count). The quantitative estimate of drug-likeness (QED) is 0.611. The van der Waals surface area contributed by atoms with E-state index in [0.717, 1.165) is 12.8 Å². The van der Waals surface area contributed by atoms with Gasteiger partial charge in [-0.25, -0.2) is 0 Å². The summed E-state index contributed by atoms with van der Waals surface area (Å²) in [6.45, 7) is 3.22. The number of ether oxygens (including phenoxy) is 1. The van der Waals surface area contributed by atoms with E-state index in [0.29, 0.717) is 36.4 Å². The summed E-state index contributed by atoms with van der Waals surface area (Å²) in [7, 11) is 1.55. The number of unbranched alkanes of at least 4 members (excludes halogenated alkanes) is 1. The largest absolute Gasteiger partial charge is 0.383 e. The number of rotatable bonds is 7. The van der Waals surface area contributed by atoms with E-state index in [1.165, 1.54) is 11.0 Å². The molecule has 0 bridgehead atoms. The van der Waals surface area contributed by atoms with E-state index in [4.69, 9.17) is 4.74 Å². The lowest BCUT2D eigenvalue weighted by molar-refractivity contribution is 0.0652. The van der Waals surface area contributed by atoms with Crippen molar-refractivity contribution in [2.45, 2.75) is 19.8 Å². The van der Waals surface area contributed by atoms with E-state index in [1.807, 2.05) is 6.92 Å². The highest BCUT2D eigenvalue weighted by molar-refractivity contribution is 6.22. The summed E-state index contributed by atoms with van der Waals surface area (Å²) in [5, 5.41) is 2.69. The van der Waals surface area contributed by atoms with Gasteiger partial charge in [-0.15, -0.1) is 0 Å². The molecular formula is C16H20N2O4.